The molecule has 2 aromatic rings. The molecule has 0 saturated heterocycles. The fourth-order valence-electron chi connectivity index (χ4n) is 1.77. The van der Waals surface area contributed by atoms with Gasteiger partial charge in [0.25, 0.3) is 0 Å². The highest BCUT2D eigenvalue weighted by Crippen LogP contribution is 2.23. The normalized spacial score (nSPS) is 10.1. The summed E-state index contributed by atoms with van der Waals surface area (Å²) in [7, 11) is 0. The van der Waals surface area contributed by atoms with Gasteiger partial charge in [-0.2, -0.15) is 0 Å². The molecule has 2 nitrogen and oxygen atoms in total. The Bertz CT molecular complexity index is 524. The van der Waals surface area contributed by atoms with Crippen molar-refractivity contribution in [3.05, 3.63) is 60.7 Å². The van der Waals surface area contributed by atoms with Crippen LogP contribution in [-0.4, -0.2) is 11.7 Å². The summed E-state index contributed by atoms with van der Waals surface area (Å²) >= 11 is 0. The molecule has 0 bridgehead atoms. The Balaban J connectivity index is 2.23. The zero-order chi connectivity index (χ0) is 13.0. The van der Waals surface area contributed by atoms with Crippen molar-refractivity contribution >= 4 is 5.76 Å². The van der Waals surface area contributed by atoms with Gasteiger partial charge in [-0.3, -0.25) is 0 Å². The molecule has 0 amide bonds. The van der Waals surface area contributed by atoms with E-state index in [1.807, 2.05) is 55.5 Å². The summed E-state index contributed by atoms with van der Waals surface area (Å²) in [6, 6.07) is 15.6. The van der Waals surface area contributed by atoms with Gasteiger partial charge in [-0.05, 0) is 30.2 Å². The molecule has 1 N–H and O–H groups in total. The van der Waals surface area contributed by atoms with Crippen LogP contribution in [0.5, 0.6) is 5.75 Å². The van der Waals surface area contributed by atoms with Gasteiger partial charge in [0.15, 0.2) is 0 Å². The van der Waals surface area contributed by atoms with Crippen LogP contribution >= 0.6 is 0 Å². The maximum Gasteiger partial charge on any atom is 0.119 e. The maximum absolute atomic E-state index is 9.27. The highest BCUT2D eigenvalue weighted by molar-refractivity contribution is 5.67. The van der Waals surface area contributed by atoms with E-state index in [4.69, 9.17) is 4.74 Å². The summed E-state index contributed by atoms with van der Waals surface area (Å²) in [5, 5.41) is 9.27. The fraction of sp³-hybridized carbons (Fsp3) is 0.125. The minimum Gasteiger partial charge on any atom is -0.508 e. The molecule has 0 heterocycles. The van der Waals surface area contributed by atoms with Gasteiger partial charge in [-0.25, -0.2) is 0 Å². The van der Waals surface area contributed by atoms with Crippen LogP contribution < -0.4 is 4.74 Å². The molecule has 0 aliphatic rings. The van der Waals surface area contributed by atoms with E-state index in [1.54, 1.807) is 0 Å². The average molecular weight is 240 g/mol. The predicted molar refractivity (Wildman–Crippen MR) is 74.7 cm³/mol. The first-order valence-electron chi connectivity index (χ1n) is 5.92. The first-order chi connectivity index (χ1) is 8.70. The van der Waals surface area contributed by atoms with E-state index in [2.05, 4.69) is 6.58 Å². The van der Waals surface area contributed by atoms with E-state index in [9.17, 15) is 5.11 Å². The first-order valence-corrected chi connectivity index (χ1v) is 5.92. The predicted octanol–water partition coefficient (Wildman–Crippen LogP) is 4.28. The Kier molecular flexibility index (Phi) is 3.68. The SMILES string of the molecule is C=C(O)c1ccc(-c2ccc(OCC)cc2)cc1. The van der Waals surface area contributed by atoms with Gasteiger partial charge < -0.3 is 9.84 Å². The second-order valence-corrected chi connectivity index (χ2v) is 3.98. The Morgan fingerprint density at radius 3 is 1.94 bits per heavy atom. The largest absolute Gasteiger partial charge is 0.508 e. The third-order valence-electron chi connectivity index (χ3n) is 2.72. The number of benzene rings is 2. The third-order valence-corrected chi connectivity index (χ3v) is 2.72. The Labute approximate surface area is 107 Å². The summed E-state index contributed by atoms with van der Waals surface area (Å²) in [5.41, 5.74) is 2.96. The maximum atomic E-state index is 9.27. The van der Waals surface area contributed by atoms with Crippen LogP contribution in [0.4, 0.5) is 0 Å². The molecule has 18 heavy (non-hydrogen) atoms. The molecule has 0 unspecified atom stereocenters. The van der Waals surface area contributed by atoms with E-state index in [-0.39, 0.29) is 5.76 Å². The summed E-state index contributed by atoms with van der Waals surface area (Å²) in [6.07, 6.45) is 0. The molecule has 2 aromatic carbocycles. The van der Waals surface area contributed by atoms with Gasteiger partial charge in [-0.15, -0.1) is 0 Å². The van der Waals surface area contributed by atoms with Gasteiger partial charge in [0.05, 0.1) is 6.61 Å². The van der Waals surface area contributed by atoms with Crippen LogP contribution in [0, 0.1) is 0 Å². The second-order valence-electron chi connectivity index (χ2n) is 3.98. The fourth-order valence-corrected chi connectivity index (χ4v) is 1.77. The van der Waals surface area contributed by atoms with Crippen molar-refractivity contribution in [1.82, 2.24) is 0 Å². The van der Waals surface area contributed by atoms with E-state index < -0.39 is 0 Å². The molecule has 0 spiro atoms. The van der Waals surface area contributed by atoms with Gasteiger partial charge >= 0.3 is 0 Å². The summed E-state index contributed by atoms with van der Waals surface area (Å²) in [6.45, 7) is 6.14. The van der Waals surface area contributed by atoms with Crippen molar-refractivity contribution in [2.45, 2.75) is 6.92 Å². The average Bonchev–Trinajstić information content (AvgIpc) is 2.40. The number of rotatable bonds is 4. The van der Waals surface area contributed by atoms with Crippen LogP contribution in [0.2, 0.25) is 0 Å². The number of hydrogen-bond donors (Lipinski definition) is 1. The summed E-state index contributed by atoms with van der Waals surface area (Å²) < 4.78 is 5.40. The first kappa shape index (κ1) is 12.2. The highest BCUT2D eigenvalue weighted by Gasteiger charge is 2.00. The molecule has 0 atom stereocenters. The lowest BCUT2D eigenvalue weighted by molar-refractivity contribution is 0.340. The van der Waals surface area contributed by atoms with Gasteiger partial charge in [0.1, 0.15) is 11.5 Å². The topological polar surface area (TPSA) is 29.5 Å². The lowest BCUT2D eigenvalue weighted by Crippen LogP contribution is -1.90. The molecular formula is C16H16O2. The van der Waals surface area contributed by atoms with Crippen LogP contribution in [0.3, 0.4) is 0 Å². The molecule has 2 heteroatoms. The van der Waals surface area contributed by atoms with Crippen molar-refractivity contribution in [2.24, 2.45) is 0 Å². The molecule has 0 aromatic heterocycles. The van der Waals surface area contributed by atoms with Crippen molar-refractivity contribution in [1.29, 1.82) is 0 Å². The van der Waals surface area contributed by atoms with E-state index in [0.29, 0.717) is 6.61 Å². The van der Waals surface area contributed by atoms with Gasteiger partial charge in [-0.1, -0.05) is 43.0 Å². The minimum atomic E-state index is 0.0910. The Hall–Kier alpha value is -2.22. The zero-order valence-corrected chi connectivity index (χ0v) is 10.4. The lowest BCUT2D eigenvalue weighted by atomic mass is 10.0. The van der Waals surface area contributed by atoms with Crippen LogP contribution in [-0.2, 0) is 0 Å². The van der Waals surface area contributed by atoms with Crippen molar-refractivity contribution in [3.8, 4) is 16.9 Å². The third kappa shape index (κ3) is 2.72. The van der Waals surface area contributed by atoms with Crippen LogP contribution in [0.15, 0.2) is 55.1 Å². The van der Waals surface area contributed by atoms with Crippen LogP contribution in [0.25, 0.3) is 16.9 Å². The lowest BCUT2D eigenvalue weighted by Gasteiger charge is -2.06. The molecule has 2 rings (SSSR count). The molecular weight excluding hydrogens is 224 g/mol. The quantitative estimate of drug-likeness (QED) is 0.808. The number of ether oxygens (including phenoxy) is 1. The Morgan fingerprint density at radius 2 is 1.50 bits per heavy atom. The molecule has 0 saturated carbocycles. The van der Waals surface area contributed by atoms with E-state index in [0.717, 1.165) is 22.4 Å². The Morgan fingerprint density at radius 1 is 1.00 bits per heavy atom. The molecule has 0 fully saturated rings. The highest BCUT2D eigenvalue weighted by atomic mass is 16.5. The number of hydrogen-bond acceptors (Lipinski definition) is 2. The summed E-state index contributed by atoms with van der Waals surface area (Å²) in [4.78, 5) is 0. The zero-order valence-electron chi connectivity index (χ0n) is 10.4. The molecule has 0 radical (unpaired) electrons. The van der Waals surface area contributed by atoms with E-state index >= 15 is 0 Å². The van der Waals surface area contributed by atoms with E-state index in [1.165, 1.54) is 0 Å². The van der Waals surface area contributed by atoms with Crippen LogP contribution in [0.1, 0.15) is 12.5 Å². The number of aliphatic hydroxyl groups excluding tert-OH is 1. The van der Waals surface area contributed by atoms with Gasteiger partial charge in [0.2, 0.25) is 0 Å². The monoisotopic (exact) mass is 240 g/mol. The molecule has 0 aliphatic carbocycles. The van der Waals surface area contributed by atoms with Crippen molar-refractivity contribution in [2.75, 3.05) is 6.61 Å². The van der Waals surface area contributed by atoms with Gasteiger partial charge in [0, 0.05) is 5.56 Å². The van der Waals surface area contributed by atoms with Crippen molar-refractivity contribution in [3.63, 3.8) is 0 Å². The molecule has 0 aliphatic heterocycles. The second kappa shape index (κ2) is 5.41. The standard InChI is InChI=1S/C16H16O2/c1-3-18-16-10-8-15(9-11-16)14-6-4-13(5-7-14)12(2)17/h4-11,17H,2-3H2,1H3. The molecule has 92 valence electrons. The summed E-state index contributed by atoms with van der Waals surface area (Å²) in [5.74, 6) is 0.967. The van der Waals surface area contributed by atoms with Crippen molar-refractivity contribution < 1.29 is 9.84 Å². The minimum absolute atomic E-state index is 0.0910. The number of aliphatic hydroxyl groups is 1. The smallest absolute Gasteiger partial charge is 0.119 e.